The van der Waals surface area contributed by atoms with Crippen LogP contribution in [0.4, 0.5) is 0 Å². The Kier molecular flexibility index (Phi) is 8.43. The lowest BCUT2D eigenvalue weighted by Gasteiger charge is -2.28. The van der Waals surface area contributed by atoms with Crippen molar-refractivity contribution in [2.24, 2.45) is 11.3 Å². The fourth-order valence-electron chi connectivity index (χ4n) is 4.28. The minimum absolute atomic E-state index is 0.139. The highest BCUT2D eigenvalue weighted by Gasteiger charge is 2.34. The first-order valence-corrected chi connectivity index (χ1v) is 12.2. The van der Waals surface area contributed by atoms with E-state index in [-0.39, 0.29) is 41.0 Å². The molecule has 3 atom stereocenters. The number of Topliss-reactive ketones (excluding diaryl/α,β-unsaturated/α-hetero) is 1. The van der Waals surface area contributed by atoms with Crippen molar-refractivity contribution in [1.82, 2.24) is 20.9 Å². The molecule has 35 heavy (non-hydrogen) atoms. The summed E-state index contributed by atoms with van der Waals surface area (Å²) in [6.45, 7) is 6.41. The Morgan fingerprint density at radius 1 is 1.20 bits per heavy atom. The van der Waals surface area contributed by atoms with Gasteiger partial charge in [-0.25, -0.2) is 0 Å². The lowest BCUT2D eigenvalue weighted by Crippen LogP contribution is -2.53. The molecule has 0 radical (unpaired) electrons. The Hall–Kier alpha value is -3.07. The molecule has 1 fully saturated rings. The molecule has 0 saturated carbocycles. The molecule has 9 nitrogen and oxygen atoms in total. The van der Waals surface area contributed by atoms with Crippen LogP contribution in [0.2, 0.25) is 0 Å². The molecule has 1 aromatic carbocycles. The lowest BCUT2D eigenvalue weighted by atomic mass is 9.87. The monoisotopic (exact) mass is 504 g/mol. The topological polar surface area (TPSA) is 129 Å². The van der Waals surface area contributed by atoms with Crippen molar-refractivity contribution < 1.29 is 23.9 Å². The van der Waals surface area contributed by atoms with Crippen molar-refractivity contribution in [1.29, 1.82) is 0 Å². The van der Waals surface area contributed by atoms with Gasteiger partial charge in [0.15, 0.2) is 5.78 Å². The van der Waals surface area contributed by atoms with Gasteiger partial charge in [-0.05, 0) is 42.9 Å². The average molecular weight is 505 g/mol. The molecule has 1 saturated heterocycles. The Labute approximate surface area is 209 Å². The molecular weight excluding hydrogens is 472 g/mol. The number of rotatable bonds is 10. The van der Waals surface area contributed by atoms with Crippen LogP contribution >= 0.6 is 11.6 Å². The van der Waals surface area contributed by atoms with E-state index in [0.29, 0.717) is 25.1 Å². The van der Waals surface area contributed by atoms with Gasteiger partial charge in [0.1, 0.15) is 17.5 Å². The number of methoxy groups -OCH3 is 1. The Morgan fingerprint density at radius 2 is 1.94 bits per heavy atom. The number of carbonyl (C=O) groups excluding carboxylic acids is 4. The van der Waals surface area contributed by atoms with Crippen molar-refractivity contribution >= 4 is 46.0 Å². The minimum atomic E-state index is -0.912. The molecule has 0 aliphatic carbocycles. The second-order valence-corrected chi connectivity index (χ2v) is 10.3. The van der Waals surface area contributed by atoms with E-state index < -0.39 is 23.9 Å². The maximum atomic E-state index is 13.3. The Morgan fingerprint density at radius 3 is 2.54 bits per heavy atom. The highest BCUT2D eigenvalue weighted by molar-refractivity contribution is 6.28. The third-order valence-electron chi connectivity index (χ3n) is 6.05. The zero-order chi connectivity index (χ0) is 25.8. The van der Waals surface area contributed by atoms with Gasteiger partial charge in [0.05, 0.1) is 19.0 Å². The molecule has 2 heterocycles. The van der Waals surface area contributed by atoms with Gasteiger partial charge in [-0.1, -0.05) is 26.8 Å². The zero-order valence-electron chi connectivity index (χ0n) is 20.5. The number of hydrogen-bond donors (Lipinski definition) is 4. The van der Waals surface area contributed by atoms with E-state index in [0.717, 1.165) is 10.9 Å². The number of ketones is 1. The predicted molar refractivity (Wildman–Crippen MR) is 134 cm³/mol. The highest BCUT2D eigenvalue weighted by Crippen LogP contribution is 2.27. The fourth-order valence-corrected chi connectivity index (χ4v) is 4.46. The van der Waals surface area contributed by atoms with Crippen LogP contribution in [0.1, 0.15) is 50.5 Å². The molecule has 1 aromatic heterocycles. The third kappa shape index (κ3) is 6.75. The summed E-state index contributed by atoms with van der Waals surface area (Å²) >= 11 is 5.78. The number of ether oxygens (including phenoxy) is 1. The second-order valence-electron chi connectivity index (χ2n) is 10.1. The summed E-state index contributed by atoms with van der Waals surface area (Å²) in [4.78, 5) is 53.9. The Balaban J connectivity index is 1.79. The summed E-state index contributed by atoms with van der Waals surface area (Å²) < 4.78 is 5.36. The number of H-pyrrole nitrogens is 1. The number of benzene rings is 1. The molecule has 0 unspecified atom stereocenters. The van der Waals surface area contributed by atoms with E-state index >= 15 is 0 Å². The Bertz CT molecular complexity index is 1110. The standard InChI is InChI=1S/C25H33ClN4O5/c1-25(2,3)12-19(24(34)29-17(20(31)13-26)10-14-8-9-27-22(14)32)30-23(33)18-11-15-16(28-18)6-5-7-21(15)35-4/h5-7,11,14,17,19,28H,8-10,12-13H2,1-4H3,(H,27,32)(H,29,34)(H,30,33)/t14-,17-,19-/m0/s1. The first kappa shape index (κ1) is 26.5. The third-order valence-corrected chi connectivity index (χ3v) is 6.31. The molecule has 1 aliphatic heterocycles. The highest BCUT2D eigenvalue weighted by atomic mass is 35.5. The SMILES string of the molecule is COc1cccc2[nH]c(C(=O)N[C@@H](CC(C)(C)C)C(=O)N[C@@H](C[C@@H]3CCNC3=O)C(=O)CCl)cc12. The predicted octanol–water partition coefficient (Wildman–Crippen LogP) is 2.53. The molecule has 10 heteroatoms. The summed E-state index contributed by atoms with van der Waals surface area (Å²) in [5.41, 5.74) is 0.720. The van der Waals surface area contributed by atoms with Gasteiger partial charge < -0.3 is 25.7 Å². The summed E-state index contributed by atoms with van der Waals surface area (Å²) in [6.07, 6.45) is 1.09. The van der Waals surface area contributed by atoms with Gasteiger partial charge in [0, 0.05) is 23.4 Å². The normalized spacial score (nSPS) is 17.5. The van der Waals surface area contributed by atoms with Crippen LogP contribution in [0.25, 0.3) is 10.9 Å². The number of hydrogen-bond acceptors (Lipinski definition) is 5. The molecule has 2 aromatic rings. The number of amides is 3. The van der Waals surface area contributed by atoms with E-state index in [1.54, 1.807) is 19.2 Å². The molecule has 3 rings (SSSR count). The molecule has 4 N–H and O–H groups in total. The van der Waals surface area contributed by atoms with Crippen LogP contribution in [0, 0.1) is 11.3 Å². The molecule has 1 aliphatic rings. The van der Waals surface area contributed by atoms with Crippen LogP contribution in [0.15, 0.2) is 24.3 Å². The van der Waals surface area contributed by atoms with Gasteiger partial charge in [-0.15, -0.1) is 11.6 Å². The summed E-state index contributed by atoms with van der Waals surface area (Å²) in [7, 11) is 1.55. The van der Waals surface area contributed by atoms with Crippen molar-refractivity contribution in [2.45, 2.75) is 52.1 Å². The van der Waals surface area contributed by atoms with Gasteiger partial charge in [0.25, 0.3) is 5.91 Å². The smallest absolute Gasteiger partial charge is 0.268 e. The van der Waals surface area contributed by atoms with E-state index in [9.17, 15) is 19.2 Å². The van der Waals surface area contributed by atoms with Crippen LogP contribution < -0.4 is 20.7 Å². The average Bonchev–Trinajstić information content (AvgIpc) is 3.42. The first-order valence-electron chi connectivity index (χ1n) is 11.7. The van der Waals surface area contributed by atoms with E-state index in [1.165, 1.54) is 0 Å². The summed E-state index contributed by atoms with van der Waals surface area (Å²) in [5.74, 6) is -1.49. The van der Waals surface area contributed by atoms with Crippen molar-refractivity contribution in [3.05, 3.63) is 30.0 Å². The number of carbonyl (C=O) groups is 4. The van der Waals surface area contributed by atoms with E-state index in [4.69, 9.17) is 16.3 Å². The maximum Gasteiger partial charge on any atom is 0.268 e. The van der Waals surface area contributed by atoms with E-state index in [1.807, 2.05) is 32.9 Å². The van der Waals surface area contributed by atoms with Gasteiger partial charge in [-0.2, -0.15) is 0 Å². The van der Waals surface area contributed by atoms with Crippen LogP contribution in [-0.4, -0.2) is 60.1 Å². The fraction of sp³-hybridized carbons (Fsp3) is 0.520. The lowest BCUT2D eigenvalue weighted by molar-refractivity contribution is -0.129. The number of halogens is 1. The number of nitrogens with one attached hydrogen (secondary N) is 4. The van der Waals surface area contributed by atoms with Crippen molar-refractivity contribution in [2.75, 3.05) is 19.5 Å². The van der Waals surface area contributed by atoms with Gasteiger partial charge in [-0.3, -0.25) is 19.2 Å². The molecule has 3 amide bonds. The summed E-state index contributed by atoms with van der Waals surface area (Å²) in [5, 5.41) is 9.03. The molecular formula is C25H33ClN4O5. The number of alkyl halides is 1. The van der Waals surface area contributed by atoms with Crippen LogP contribution in [0.3, 0.4) is 0 Å². The number of aromatic nitrogens is 1. The largest absolute Gasteiger partial charge is 0.496 e. The quantitative estimate of drug-likeness (QED) is 0.369. The van der Waals surface area contributed by atoms with Crippen LogP contribution in [-0.2, 0) is 14.4 Å². The number of fused-ring (bicyclic) bond motifs is 1. The number of aromatic amines is 1. The summed E-state index contributed by atoms with van der Waals surface area (Å²) in [6, 6.07) is 5.30. The molecule has 190 valence electrons. The first-order chi connectivity index (χ1) is 16.5. The maximum absolute atomic E-state index is 13.3. The minimum Gasteiger partial charge on any atom is -0.496 e. The molecule has 0 bridgehead atoms. The zero-order valence-corrected chi connectivity index (χ0v) is 21.3. The van der Waals surface area contributed by atoms with Crippen molar-refractivity contribution in [3.8, 4) is 5.75 Å². The van der Waals surface area contributed by atoms with Gasteiger partial charge in [0.2, 0.25) is 11.8 Å². The second kappa shape index (κ2) is 11.1. The van der Waals surface area contributed by atoms with Crippen LogP contribution in [0.5, 0.6) is 5.75 Å². The molecule has 0 spiro atoms. The van der Waals surface area contributed by atoms with Gasteiger partial charge >= 0.3 is 0 Å². The van der Waals surface area contributed by atoms with E-state index in [2.05, 4.69) is 20.9 Å². The van der Waals surface area contributed by atoms with Crippen molar-refractivity contribution in [3.63, 3.8) is 0 Å².